The normalized spacial score (nSPS) is 12.4. The maximum atomic E-state index is 10.3. The van der Waals surface area contributed by atoms with Crippen LogP contribution in [0.4, 0.5) is 0 Å². The molecule has 0 radical (unpaired) electrons. The highest BCUT2D eigenvalue weighted by atomic mass is 16.5. The molecule has 0 bridgehead atoms. The number of methoxy groups -OCH3 is 1. The third-order valence-electron chi connectivity index (χ3n) is 4.53. The molecule has 4 heteroatoms. The number of hydrogen-bond donors (Lipinski definition) is 2. The first kappa shape index (κ1) is 17.4. The predicted octanol–water partition coefficient (Wildman–Crippen LogP) is 4.76. The fourth-order valence-electron chi connectivity index (χ4n) is 3.17. The molecule has 25 heavy (non-hydrogen) atoms. The van der Waals surface area contributed by atoms with Crippen LogP contribution in [0.5, 0.6) is 5.75 Å². The third kappa shape index (κ3) is 3.22. The van der Waals surface area contributed by atoms with Gasteiger partial charge in [0.1, 0.15) is 11.4 Å². The number of benzene rings is 1. The number of nitrogens with zero attached hydrogens (tertiary/aromatic N) is 1. The molecule has 0 saturated heterocycles. The molecule has 0 amide bonds. The van der Waals surface area contributed by atoms with Crippen LogP contribution >= 0.6 is 0 Å². The summed E-state index contributed by atoms with van der Waals surface area (Å²) in [7, 11) is 1.67. The molecule has 0 aliphatic carbocycles. The zero-order chi connectivity index (χ0) is 18.2. The molecule has 0 atom stereocenters. The second-order valence-electron chi connectivity index (χ2n) is 6.95. The Bertz CT molecular complexity index is 923. The molecule has 0 aliphatic heterocycles. The number of nitrogens with one attached hydrogen (secondary N) is 1. The molecule has 3 rings (SSSR count). The Labute approximate surface area is 148 Å². The van der Waals surface area contributed by atoms with Crippen molar-refractivity contribution in [2.45, 2.75) is 39.8 Å². The van der Waals surface area contributed by atoms with Gasteiger partial charge in [-0.25, -0.2) is 0 Å². The number of aromatic nitrogens is 2. The third-order valence-corrected chi connectivity index (χ3v) is 4.53. The number of rotatable bonds is 5. The number of hydrogen-bond acceptors (Lipinski definition) is 2. The summed E-state index contributed by atoms with van der Waals surface area (Å²) < 4.78 is 7.85. The van der Waals surface area contributed by atoms with Gasteiger partial charge < -0.3 is 19.4 Å². The second-order valence-corrected chi connectivity index (χ2v) is 6.95. The Morgan fingerprint density at radius 1 is 1.24 bits per heavy atom. The van der Waals surface area contributed by atoms with Crippen LogP contribution in [0.1, 0.15) is 32.0 Å². The molecule has 0 unspecified atom stereocenters. The van der Waals surface area contributed by atoms with Crippen molar-refractivity contribution < 1.29 is 9.84 Å². The van der Waals surface area contributed by atoms with E-state index in [1.165, 1.54) is 5.39 Å². The van der Waals surface area contributed by atoms with Gasteiger partial charge >= 0.3 is 0 Å². The Hall–Kier alpha value is -2.46. The van der Waals surface area contributed by atoms with Crippen molar-refractivity contribution in [1.29, 1.82) is 0 Å². The number of allylic oxidation sites excluding steroid dienone is 2. The van der Waals surface area contributed by atoms with Crippen LogP contribution in [-0.4, -0.2) is 21.8 Å². The van der Waals surface area contributed by atoms with E-state index in [0.29, 0.717) is 0 Å². The van der Waals surface area contributed by atoms with Crippen LogP contribution in [0.15, 0.2) is 42.6 Å². The number of H-pyrrole nitrogens is 1. The number of aliphatic hydroxyl groups is 1. The van der Waals surface area contributed by atoms with Crippen LogP contribution in [0, 0.1) is 6.92 Å². The smallest absolute Gasteiger partial charge is 0.127 e. The maximum absolute atomic E-state index is 10.3. The van der Waals surface area contributed by atoms with E-state index >= 15 is 0 Å². The summed E-state index contributed by atoms with van der Waals surface area (Å²) in [5, 5.41) is 11.5. The lowest BCUT2D eigenvalue weighted by molar-refractivity contribution is 0.0783. The maximum Gasteiger partial charge on any atom is 0.127 e. The summed E-state index contributed by atoms with van der Waals surface area (Å²) >= 11 is 0. The Morgan fingerprint density at radius 3 is 2.64 bits per heavy atom. The van der Waals surface area contributed by atoms with Gasteiger partial charge in [-0.15, -0.1) is 0 Å². The highest BCUT2D eigenvalue weighted by Crippen LogP contribution is 2.38. The Kier molecular flexibility index (Phi) is 4.48. The number of fused-ring (bicyclic) bond motifs is 1. The number of aryl methyl sites for hydroxylation is 1. The van der Waals surface area contributed by atoms with Crippen molar-refractivity contribution in [1.82, 2.24) is 9.55 Å². The minimum absolute atomic E-state index is 0.767. The van der Waals surface area contributed by atoms with Gasteiger partial charge in [0.15, 0.2) is 0 Å². The van der Waals surface area contributed by atoms with Crippen LogP contribution in [0.2, 0.25) is 0 Å². The van der Waals surface area contributed by atoms with E-state index in [4.69, 9.17) is 4.74 Å². The zero-order valence-electron chi connectivity index (χ0n) is 15.6. The van der Waals surface area contributed by atoms with Gasteiger partial charge in [0.25, 0.3) is 0 Å². The molecule has 2 aromatic heterocycles. The molecular formula is C21H26N2O2. The highest BCUT2D eigenvalue weighted by molar-refractivity contribution is 5.96. The fourth-order valence-corrected chi connectivity index (χ4v) is 3.17. The summed E-state index contributed by atoms with van der Waals surface area (Å²) in [5.74, 6) is 0.767. The van der Waals surface area contributed by atoms with Crippen molar-refractivity contribution in [3.8, 4) is 16.9 Å². The molecule has 0 fully saturated rings. The van der Waals surface area contributed by atoms with Crippen molar-refractivity contribution in [2.24, 2.45) is 0 Å². The van der Waals surface area contributed by atoms with Gasteiger partial charge in [-0.3, -0.25) is 0 Å². The average molecular weight is 338 g/mol. The lowest BCUT2D eigenvalue weighted by Gasteiger charge is -2.19. The van der Waals surface area contributed by atoms with Crippen LogP contribution in [0.3, 0.4) is 0 Å². The minimum Gasteiger partial charge on any atom is -0.496 e. The topological polar surface area (TPSA) is 50.2 Å². The summed E-state index contributed by atoms with van der Waals surface area (Å²) in [4.78, 5) is 3.45. The van der Waals surface area contributed by atoms with E-state index in [1.807, 2.05) is 25.1 Å². The monoisotopic (exact) mass is 338 g/mol. The van der Waals surface area contributed by atoms with E-state index in [-0.39, 0.29) is 0 Å². The van der Waals surface area contributed by atoms with Crippen molar-refractivity contribution >= 4 is 11.0 Å². The standard InChI is InChI=1S/C21H26N2O2/c1-6-7-10-23-13-18(17-11-14(2)22-20(17)23)16-9-8-15(21(3,4)24)12-19(16)25-5/h6-9,11-13,22,24H,10H2,1-5H3/b7-6+. The Morgan fingerprint density at radius 2 is 2.00 bits per heavy atom. The first-order valence-electron chi connectivity index (χ1n) is 8.56. The molecule has 2 heterocycles. The van der Waals surface area contributed by atoms with Gasteiger partial charge in [-0.05, 0) is 45.4 Å². The average Bonchev–Trinajstić information content (AvgIpc) is 3.09. The molecule has 0 aliphatic rings. The highest BCUT2D eigenvalue weighted by Gasteiger charge is 2.20. The summed E-state index contributed by atoms with van der Waals surface area (Å²) in [5.41, 5.74) is 4.33. The lowest BCUT2D eigenvalue weighted by atomic mass is 9.95. The van der Waals surface area contributed by atoms with E-state index in [0.717, 1.165) is 40.3 Å². The molecule has 0 spiro atoms. The summed E-state index contributed by atoms with van der Waals surface area (Å²) in [6.07, 6.45) is 6.34. The van der Waals surface area contributed by atoms with Gasteiger partial charge in [0.05, 0.1) is 12.7 Å². The van der Waals surface area contributed by atoms with Crippen molar-refractivity contribution in [3.63, 3.8) is 0 Å². The molecule has 4 nitrogen and oxygen atoms in total. The van der Waals surface area contributed by atoms with Gasteiger partial charge in [0, 0.05) is 34.9 Å². The molecule has 132 valence electrons. The van der Waals surface area contributed by atoms with Crippen LogP contribution in [0.25, 0.3) is 22.2 Å². The van der Waals surface area contributed by atoms with E-state index in [1.54, 1.807) is 21.0 Å². The Balaban J connectivity index is 2.19. The minimum atomic E-state index is -0.899. The summed E-state index contributed by atoms with van der Waals surface area (Å²) in [6, 6.07) is 8.08. The van der Waals surface area contributed by atoms with E-state index in [2.05, 4.69) is 40.9 Å². The van der Waals surface area contributed by atoms with Crippen LogP contribution < -0.4 is 4.74 Å². The van der Waals surface area contributed by atoms with Crippen molar-refractivity contribution in [3.05, 3.63) is 53.9 Å². The second kappa shape index (κ2) is 6.45. The van der Waals surface area contributed by atoms with Crippen LogP contribution in [-0.2, 0) is 12.1 Å². The first-order valence-corrected chi connectivity index (χ1v) is 8.56. The van der Waals surface area contributed by atoms with Gasteiger partial charge in [0.2, 0.25) is 0 Å². The predicted molar refractivity (Wildman–Crippen MR) is 103 cm³/mol. The number of ether oxygens (including phenoxy) is 1. The number of aromatic amines is 1. The quantitative estimate of drug-likeness (QED) is 0.659. The summed E-state index contributed by atoms with van der Waals surface area (Å²) in [6.45, 7) is 8.47. The fraction of sp³-hybridized carbons (Fsp3) is 0.333. The van der Waals surface area contributed by atoms with Gasteiger partial charge in [-0.1, -0.05) is 24.3 Å². The van der Waals surface area contributed by atoms with Gasteiger partial charge in [-0.2, -0.15) is 0 Å². The molecular weight excluding hydrogens is 312 g/mol. The first-order chi connectivity index (χ1) is 11.8. The molecule has 1 aromatic carbocycles. The largest absolute Gasteiger partial charge is 0.496 e. The lowest BCUT2D eigenvalue weighted by Crippen LogP contribution is -2.15. The van der Waals surface area contributed by atoms with E-state index < -0.39 is 5.60 Å². The molecule has 3 aromatic rings. The SMILES string of the molecule is C/C=C/Cn1cc(-c2ccc(C(C)(C)O)cc2OC)c2cc(C)[nH]c21. The molecule has 2 N–H and O–H groups in total. The zero-order valence-corrected chi connectivity index (χ0v) is 15.6. The van der Waals surface area contributed by atoms with Crippen molar-refractivity contribution in [2.75, 3.05) is 7.11 Å². The van der Waals surface area contributed by atoms with E-state index in [9.17, 15) is 5.11 Å². The molecule has 0 saturated carbocycles.